The summed E-state index contributed by atoms with van der Waals surface area (Å²) in [5.41, 5.74) is 11.3. The second-order valence-electron chi connectivity index (χ2n) is 5.05. The van der Waals surface area contributed by atoms with Gasteiger partial charge in [0.05, 0.1) is 0 Å². The largest absolute Gasteiger partial charge is 0.350 e. The van der Waals surface area contributed by atoms with Gasteiger partial charge in [-0.15, -0.1) is 0 Å². The van der Waals surface area contributed by atoms with Crippen LogP contribution >= 0.6 is 0 Å². The number of hydrogen-bond donors (Lipinski definition) is 1. The van der Waals surface area contributed by atoms with E-state index in [1.807, 2.05) is 0 Å². The van der Waals surface area contributed by atoms with Crippen molar-refractivity contribution in [2.24, 2.45) is 5.73 Å². The molecule has 0 saturated carbocycles. The minimum Gasteiger partial charge on any atom is -0.350 e. The lowest BCUT2D eigenvalue weighted by Gasteiger charge is -2.07. The molecule has 0 spiro atoms. The van der Waals surface area contributed by atoms with E-state index in [4.69, 9.17) is 5.73 Å². The predicted octanol–water partition coefficient (Wildman–Crippen LogP) is 3.56. The van der Waals surface area contributed by atoms with Crippen molar-refractivity contribution in [3.63, 3.8) is 0 Å². The summed E-state index contributed by atoms with van der Waals surface area (Å²) < 4.78 is 2.20. The van der Waals surface area contributed by atoms with Gasteiger partial charge in [-0.2, -0.15) is 0 Å². The Labute approximate surface area is 109 Å². The van der Waals surface area contributed by atoms with E-state index in [-0.39, 0.29) is 6.04 Å². The fourth-order valence-corrected chi connectivity index (χ4v) is 2.13. The summed E-state index contributed by atoms with van der Waals surface area (Å²) in [4.78, 5) is 0. The van der Waals surface area contributed by atoms with Gasteiger partial charge in [0.25, 0.3) is 0 Å². The van der Waals surface area contributed by atoms with Crippen LogP contribution in [-0.4, -0.2) is 4.57 Å². The van der Waals surface area contributed by atoms with Crippen LogP contribution in [0.3, 0.4) is 0 Å². The second-order valence-corrected chi connectivity index (χ2v) is 5.05. The molecule has 0 amide bonds. The van der Waals surface area contributed by atoms with Crippen LogP contribution in [0.1, 0.15) is 41.6 Å². The first-order valence-electron chi connectivity index (χ1n) is 6.57. The van der Waals surface area contributed by atoms with Crippen molar-refractivity contribution >= 4 is 0 Å². The van der Waals surface area contributed by atoms with Crippen molar-refractivity contribution in [2.75, 3.05) is 0 Å². The number of hydrogen-bond acceptors (Lipinski definition) is 1. The first-order valence-corrected chi connectivity index (χ1v) is 6.57. The molecule has 96 valence electrons. The summed E-state index contributed by atoms with van der Waals surface area (Å²) in [5.74, 6) is 0. The van der Waals surface area contributed by atoms with Crippen LogP contribution in [0.5, 0.6) is 0 Å². The average molecular weight is 242 g/mol. The molecule has 2 aromatic rings. The molecule has 0 bridgehead atoms. The van der Waals surface area contributed by atoms with E-state index in [0.717, 1.165) is 13.0 Å². The molecule has 1 unspecified atom stereocenters. The quantitative estimate of drug-likeness (QED) is 0.873. The van der Waals surface area contributed by atoms with E-state index in [1.54, 1.807) is 0 Å². The Morgan fingerprint density at radius 1 is 1.17 bits per heavy atom. The van der Waals surface area contributed by atoms with Gasteiger partial charge in [0.15, 0.2) is 0 Å². The molecule has 1 heterocycles. The minimum atomic E-state index is 0.158. The Balaban J connectivity index is 2.13. The second kappa shape index (κ2) is 5.40. The lowest BCUT2D eigenvalue weighted by atomic mass is 10.1. The molecule has 0 aliphatic heterocycles. The molecule has 0 aliphatic carbocycles. The van der Waals surface area contributed by atoms with Crippen molar-refractivity contribution < 1.29 is 0 Å². The van der Waals surface area contributed by atoms with Crippen molar-refractivity contribution in [3.05, 3.63) is 58.9 Å². The van der Waals surface area contributed by atoms with E-state index in [9.17, 15) is 0 Å². The zero-order valence-corrected chi connectivity index (χ0v) is 11.5. The molecular weight excluding hydrogens is 220 g/mol. The zero-order valence-electron chi connectivity index (χ0n) is 11.5. The molecule has 0 aliphatic rings. The molecule has 1 aromatic heterocycles. The number of nitrogens with two attached hydrogens (primary N) is 1. The van der Waals surface area contributed by atoms with Crippen LogP contribution in [-0.2, 0) is 6.54 Å². The monoisotopic (exact) mass is 242 g/mol. The van der Waals surface area contributed by atoms with Crippen LogP contribution in [0.4, 0.5) is 0 Å². The van der Waals surface area contributed by atoms with Gasteiger partial charge in [-0.3, -0.25) is 0 Å². The van der Waals surface area contributed by atoms with Crippen LogP contribution in [0.2, 0.25) is 0 Å². The Morgan fingerprint density at radius 2 is 1.94 bits per heavy atom. The third-order valence-corrected chi connectivity index (χ3v) is 3.58. The summed E-state index contributed by atoms with van der Waals surface area (Å²) in [7, 11) is 0. The molecule has 18 heavy (non-hydrogen) atoms. The molecule has 0 fully saturated rings. The first kappa shape index (κ1) is 12.9. The van der Waals surface area contributed by atoms with E-state index in [0.29, 0.717) is 0 Å². The van der Waals surface area contributed by atoms with Crippen molar-refractivity contribution in [2.45, 2.75) is 39.8 Å². The smallest absolute Gasteiger partial charge is 0.0470 e. The molecule has 0 radical (unpaired) electrons. The van der Waals surface area contributed by atoms with E-state index in [2.05, 4.69) is 62.0 Å². The summed E-state index contributed by atoms with van der Waals surface area (Å²) in [6.07, 6.45) is 5.25. The van der Waals surface area contributed by atoms with Gasteiger partial charge in [0, 0.05) is 25.0 Å². The first-order chi connectivity index (χ1) is 8.60. The van der Waals surface area contributed by atoms with Crippen LogP contribution in [0.25, 0.3) is 0 Å². The maximum Gasteiger partial charge on any atom is 0.0470 e. The summed E-state index contributed by atoms with van der Waals surface area (Å²) >= 11 is 0. The van der Waals surface area contributed by atoms with E-state index < -0.39 is 0 Å². The van der Waals surface area contributed by atoms with Crippen molar-refractivity contribution in [3.8, 4) is 0 Å². The van der Waals surface area contributed by atoms with Crippen molar-refractivity contribution in [1.82, 2.24) is 4.57 Å². The van der Waals surface area contributed by atoms with Gasteiger partial charge in [-0.1, -0.05) is 25.1 Å². The number of aromatic nitrogens is 1. The minimum absolute atomic E-state index is 0.158. The Bertz CT molecular complexity index is 526. The molecular formula is C16H22N2. The van der Waals surface area contributed by atoms with Crippen LogP contribution in [0.15, 0.2) is 36.7 Å². The standard InChI is InChI=1S/C16H22N2/c1-4-16(17)15-7-8-18(11-15)10-14-6-5-12(2)13(3)9-14/h5-9,11,16H,4,10,17H2,1-3H3. The lowest BCUT2D eigenvalue weighted by Crippen LogP contribution is -2.07. The molecule has 2 heteroatoms. The normalized spacial score (nSPS) is 12.7. The summed E-state index contributed by atoms with van der Waals surface area (Å²) in [6, 6.07) is 8.92. The Morgan fingerprint density at radius 3 is 2.61 bits per heavy atom. The third kappa shape index (κ3) is 2.82. The Kier molecular flexibility index (Phi) is 3.87. The van der Waals surface area contributed by atoms with Gasteiger partial charge in [-0.25, -0.2) is 0 Å². The third-order valence-electron chi connectivity index (χ3n) is 3.58. The average Bonchev–Trinajstić information content (AvgIpc) is 2.81. The van der Waals surface area contributed by atoms with Gasteiger partial charge in [0.1, 0.15) is 0 Å². The fourth-order valence-electron chi connectivity index (χ4n) is 2.13. The fraction of sp³-hybridized carbons (Fsp3) is 0.375. The lowest BCUT2D eigenvalue weighted by molar-refractivity contribution is 0.693. The van der Waals surface area contributed by atoms with Crippen LogP contribution < -0.4 is 5.73 Å². The highest BCUT2D eigenvalue weighted by atomic mass is 14.9. The highest BCUT2D eigenvalue weighted by Gasteiger charge is 2.05. The molecule has 2 rings (SSSR count). The molecule has 2 N–H and O–H groups in total. The molecule has 1 aromatic carbocycles. The number of benzene rings is 1. The van der Waals surface area contributed by atoms with E-state index in [1.165, 1.54) is 22.3 Å². The highest BCUT2D eigenvalue weighted by molar-refractivity contribution is 5.30. The Hall–Kier alpha value is -1.54. The highest BCUT2D eigenvalue weighted by Crippen LogP contribution is 2.16. The summed E-state index contributed by atoms with van der Waals surface area (Å²) in [5, 5.41) is 0. The molecule has 1 atom stereocenters. The van der Waals surface area contributed by atoms with Gasteiger partial charge in [0.2, 0.25) is 0 Å². The van der Waals surface area contributed by atoms with Gasteiger partial charge >= 0.3 is 0 Å². The van der Waals surface area contributed by atoms with Gasteiger partial charge in [-0.05, 0) is 48.6 Å². The SMILES string of the molecule is CCC(N)c1ccn(Cc2ccc(C)c(C)c2)c1. The van der Waals surface area contributed by atoms with E-state index >= 15 is 0 Å². The maximum atomic E-state index is 6.03. The zero-order chi connectivity index (χ0) is 13.1. The molecule has 2 nitrogen and oxygen atoms in total. The number of nitrogens with zero attached hydrogens (tertiary/aromatic N) is 1. The number of aryl methyl sites for hydroxylation is 2. The topological polar surface area (TPSA) is 30.9 Å². The summed E-state index contributed by atoms with van der Waals surface area (Å²) in [6.45, 7) is 7.34. The maximum absolute atomic E-state index is 6.03. The number of rotatable bonds is 4. The van der Waals surface area contributed by atoms with Gasteiger partial charge < -0.3 is 10.3 Å². The predicted molar refractivity (Wildman–Crippen MR) is 76.7 cm³/mol. The molecule has 0 saturated heterocycles. The van der Waals surface area contributed by atoms with Crippen molar-refractivity contribution in [1.29, 1.82) is 0 Å². The van der Waals surface area contributed by atoms with Crippen LogP contribution in [0, 0.1) is 13.8 Å².